The third-order valence-corrected chi connectivity index (χ3v) is 7.05. The fraction of sp³-hybridized carbons (Fsp3) is 0.154. The van der Waals surface area contributed by atoms with Gasteiger partial charge in [0.1, 0.15) is 4.21 Å². The van der Waals surface area contributed by atoms with Crippen molar-refractivity contribution in [3.63, 3.8) is 0 Å². The number of para-hydroxylation sites is 1. The Labute approximate surface area is 135 Å². The summed E-state index contributed by atoms with van der Waals surface area (Å²) in [6.07, 6.45) is 0. The molecule has 1 aromatic carbocycles. The van der Waals surface area contributed by atoms with Gasteiger partial charge in [0, 0.05) is 6.54 Å². The van der Waals surface area contributed by atoms with Gasteiger partial charge >= 0.3 is 0 Å². The number of hydrogen-bond donors (Lipinski definition) is 0. The summed E-state index contributed by atoms with van der Waals surface area (Å²) in [5, 5.41) is 0. The second kappa shape index (κ2) is 5.57. The summed E-state index contributed by atoms with van der Waals surface area (Å²) in [6.45, 7) is 2.62. The fourth-order valence-corrected chi connectivity index (χ4v) is 5.74. The Morgan fingerprint density at radius 3 is 2.62 bits per heavy atom. The molecule has 8 heteroatoms. The van der Waals surface area contributed by atoms with Crippen molar-refractivity contribution < 1.29 is 8.42 Å². The minimum atomic E-state index is -3.72. The van der Waals surface area contributed by atoms with Gasteiger partial charge in [-0.1, -0.05) is 35.1 Å². The van der Waals surface area contributed by atoms with E-state index >= 15 is 0 Å². The molecular formula is C13H11ClN2O2S3. The molecule has 0 spiro atoms. The smallest absolute Gasteiger partial charge is 0.294 e. The van der Waals surface area contributed by atoms with Crippen LogP contribution in [0.25, 0.3) is 10.2 Å². The Morgan fingerprint density at radius 1 is 1.19 bits per heavy atom. The van der Waals surface area contributed by atoms with Crippen LogP contribution in [0, 0.1) is 0 Å². The molecule has 0 N–H and O–H groups in total. The lowest BCUT2D eigenvalue weighted by Gasteiger charge is -1.99. The predicted molar refractivity (Wildman–Crippen MR) is 87.6 cm³/mol. The molecule has 0 aliphatic carbocycles. The zero-order chi connectivity index (χ0) is 15.0. The van der Waals surface area contributed by atoms with Crippen LogP contribution in [-0.2, 0) is 16.6 Å². The number of hydrogen-bond acceptors (Lipinski definition) is 4. The first kappa shape index (κ1) is 14.8. The summed E-state index contributed by atoms with van der Waals surface area (Å²) < 4.78 is 32.2. The van der Waals surface area contributed by atoms with Gasteiger partial charge in [-0.05, 0) is 31.2 Å². The van der Waals surface area contributed by atoms with E-state index in [1.165, 1.54) is 17.4 Å². The first-order valence-electron chi connectivity index (χ1n) is 6.16. The molecule has 0 aliphatic rings. The molecule has 0 amide bonds. The fourth-order valence-electron chi connectivity index (χ4n) is 1.98. The molecule has 21 heavy (non-hydrogen) atoms. The number of sulfonamides is 1. The van der Waals surface area contributed by atoms with Gasteiger partial charge in [-0.15, -0.1) is 15.7 Å². The molecule has 2 heterocycles. The summed E-state index contributed by atoms with van der Waals surface area (Å²) in [7, 11) is -3.72. The van der Waals surface area contributed by atoms with E-state index in [1.807, 2.05) is 35.8 Å². The molecule has 0 radical (unpaired) electrons. The van der Waals surface area contributed by atoms with Gasteiger partial charge < -0.3 is 4.57 Å². The highest BCUT2D eigenvalue weighted by atomic mass is 35.5. The highest BCUT2D eigenvalue weighted by Crippen LogP contribution is 2.27. The van der Waals surface area contributed by atoms with Crippen LogP contribution in [0.2, 0.25) is 4.34 Å². The number of fused-ring (bicyclic) bond motifs is 1. The molecule has 0 unspecified atom stereocenters. The van der Waals surface area contributed by atoms with Gasteiger partial charge in [0.15, 0.2) is 0 Å². The van der Waals surface area contributed by atoms with Crippen LogP contribution in [0.4, 0.5) is 0 Å². The van der Waals surface area contributed by atoms with Crippen molar-refractivity contribution in [1.82, 2.24) is 4.57 Å². The maximum absolute atomic E-state index is 12.3. The van der Waals surface area contributed by atoms with Gasteiger partial charge in [0.05, 0.1) is 14.6 Å². The van der Waals surface area contributed by atoms with Crippen LogP contribution < -0.4 is 4.80 Å². The summed E-state index contributed by atoms with van der Waals surface area (Å²) in [5.41, 5.74) is 0.989. The Morgan fingerprint density at radius 2 is 1.95 bits per heavy atom. The molecule has 3 aromatic rings. The van der Waals surface area contributed by atoms with Gasteiger partial charge in [-0.2, -0.15) is 8.42 Å². The molecule has 0 aliphatic heterocycles. The van der Waals surface area contributed by atoms with E-state index in [0.717, 1.165) is 21.6 Å². The minimum absolute atomic E-state index is 0.160. The number of thiophene rings is 1. The van der Waals surface area contributed by atoms with Gasteiger partial charge in [0.25, 0.3) is 10.0 Å². The van der Waals surface area contributed by atoms with E-state index in [1.54, 1.807) is 6.07 Å². The van der Waals surface area contributed by atoms with Crippen LogP contribution in [0.5, 0.6) is 0 Å². The second-order valence-electron chi connectivity index (χ2n) is 4.22. The summed E-state index contributed by atoms with van der Waals surface area (Å²) in [4.78, 5) is 0.475. The topological polar surface area (TPSA) is 51.4 Å². The zero-order valence-electron chi connectivity index (χ0n) is 11.0. The highest BCUT2D eigenvalue weighted by molar-refractivity contribution is 7.92. The van der Waals surface area contributed by atoms with Crippen molar-refractivity contribution >= 4 is 54.5 Å². The Bertz CT molecular complexity index is 967. The predicted octanol–water partition coefficient (Wildman–Crippen LogP) is 3.73. The SMILES string of the molecule is CCn1/c(=N/S(=O)(=O)c2ccc(Cl)s2)sc2ccccc21. The van der Waals surface area contributed by atoms with Crippen LogP contribution in [0.1, 0.15) is 6.92 Å². The molecule has 110 valence electrons. The van der Waals surface area contributed by atoms with Crippen molar-refractivity contribution in [3.05, 3.63) is 45.5 Å². The van der Waals surface area contributed by atoms with Gasteiger partial charge in [-0.3, -0.25) is 0 Å². The molecular weight excluding hydrogens is 348 g/mol. The number of aryl methyl sites for hydroxylation is 1. The van der Waals surface area contributed by atoms with Gasteiger partial charge in [0.2, 0.25) is 4.80 Å². The lowest BCUT2D eigenvalue weighted by atomic mass is 10.3. The van der Waals surface area contributed by atoms with Gasteiger partial charge in [-0.25, -0.2) is 0 Å². The maximum atomic E-state index is 12.3. The average molecular weight is 359 g/mol. The van der Waals surface area contributed by atoms with E-state index in [2.05, 4.69) is 4.40 Å². The van der Waals surface area contributed by atoms with Crippen LogP contribution in [0.3, 0.4) is 0 Å². The highest BCUT2D eigenvalue weighted by Gasteiger charge is 2.16. The Kier molecular flexibility index (Phi) is 3.92. The number of thiazole rings is 1. The van der Waals surface area contributed by atoms with Crippen molar-refractivity contribution in [3.8, 4) is 0 Å². The van der Waals surface area contributed by atoms with Crippen LogP contribution in [0.15, 0.2) is 45.0 Å². The molecule has 2 aromatic heterocycles. The third kappa shape index (κ3) is 2.78. The lowest BCUT2D eigenvalue weighted by Crippen LogP contribution is -2.15. The first-order chi connectivity index (χ1) is 10.0. The van der Waals surface area contributed by atoms with E-state index in [4.69, 9.17) is 11.6 Å². The lowest BCUT2D eigenvalue weighted by molar-refractivity contribution is 0.597. The second-order valence-corrected chi connectivity index (χ2v) is 8.78. The van der Waals surface area contributed by atoms with E-state index in [0.29, 0.717) is 15.7 Å². The number of aromatic nitrogens is 1. The average Bonchev–Trinajstić information content (AvgIpc) is 3.01. The first-order valence-corrected chi connectivity index (χ1v) is 9.61. The minimum Gasteiger partial charge on any atom is -0.316 e. The van der Waals surface area contributed by atoms with Crippen LogP contribution >= 0.6 is 34.3 Å². The molecule has 4 nitrogen and oxygen atoms in total. The summed E-state index contributed by atoms with van der Waals surface area (Å²) >= 11 is 8.18. The monoisotopic (exact) mass is 358 g/mol. The Hall–Kier alpha value is -1.15. The maximum Gasteiger partial charge on any atom is 0.294 e. The molecule has 0 saturated heterocycles. The number of benzene rings is 1. The van der Waals surface area contributed by atoms with Crippen molar-refractivity contribution in [2.24, 2.45) is 4.40 Å². The molecule has 0 fully saturated rings. The van der Waals surface area contributed by atoms with Crippen LogP contribution in [-0.4, -0.2) is 13.0 Å². The van der Waals surface area contributed by atoms with E-state index in [9.17, 15) is 8.42 Å². The third-order valence-electron chi connectivity index (χ3n) is 2.91. The molecule has 0 atom stereocenters. The van der Waals surface area contributed by atoms with E-state index < -0.39 is 10.0 Å². The van der Waals surface area contributed by atoms with Crippen molar-refractivity contribution in [2.45, 2.75) is 17.7 Å². The molecule has 0 saturated carbocycles. The summed E-state index contributed by atoms with van der Waals surface area (Å²) in [6, 6.07) is 10.8. The molecule has 0 bridgehead atoms. The number of halogens is 1. The standard InChI is InChI=1S/C13H11ClN2O2S3/c1-2-16-9-5-3-4-6-10(9)19-13(16)15-21(17,18)12-8-7-11(14)20-12/h3-8H,2H2,1H3/b15-13-. The number of rotatable bonds is 3. The van der Waals surface area contributed by atoms with E-state index in [-0.39, 0.29) is 4.21 Å². The number of nitrogens with zero attached hydrogens (tertiary/aromatic N) is 2. The normalized spacial score (nSPS) is 13.1. The molecule has 3 rings (SSSR count). The summed E-state index contributed by atoms with van der Waals surface area (Å²) in [5.74, 6) is 0. The van der Waals surface area contributed by atoms with Crippen molar-refractivity contribution in [2.75, 3.05) is 0 Å². The zero-order valence-corrected chi connectivity index (χ0v) is 14.2. The van der Waals surface area contributed by atoms with Crippen molar-refractivity contribution in [1.29, 1.82) is 0 Å². The quantitative estimate of drug-likeness (QED) is 0.716. The Balaban J connectivity index is 2.24. The largest absolute Gasteiger partial charge is 0.316 e.